The van der Waals surface area contributed by atoms with Gasteiger partial charge < -0.3 is 33.7 Å². The molecule has 13 heteroatoms. The average Bonchev–Trinajstić information content (AvgIpc) is 3.53. The number of amides is 2. The Morgan fingerprint density at radius 2 is 1.69 bits per heavy atom. The van der Waals surface area contributed by atoms with E-state index in [4.69, 9.17) is 14.2 Å². The first-order valence-corrected chi connectivity index (χ1v) is 19.5. The fourth-order valence-electron chi connectivity index (χ4n) is 8.05. The van der Waals surface area contributed by atoms with Crippen molar-refractivity contribution in [3.8, 4) is 34.6 Å². The number of ether oxygens (including phenoxy) is 3. The molecule has 3 heterocycles. The van der Waals surface area contributed by atoms with E-state index in [9.17, 15) is 18.7 Å². The number of hydrogen-bond acceptors (Lipinski definition) is 7. The van der Waals surface area contributed by atoms with Crippen molar-refractivity contribution in [3.63, 3.8) is 0 Å². The molecule has 1 N–H and O–H groups in total. The van der Waals surface area contributed by atoms with Crippen LogP contribution in [0.4, 0.5) is 14.5 Å². The number of carbonyl (C=O) groups is 2. The highest BCUT2D eigenvalue weighted by atomic mass is 19.3. The van der Waals surface area contributed by atoms with E-state index in [1.165, 1.54) is 36.9 Å². The lowest BCUT2D eigenvalue weighted by molar-refractivity contribution is -0.0500. The number of alkyl halides is 2. The molecule has 1 aromatic heterocycles. The van der Waals surface area contributed by atoms with Gasteiger partial charge in [-0.25, -0.2) is 0 Å². The number of nitrogens with zero attached hydrogens (tertiary/aromatic N) is 5. The molecule has 7 rings (SSSR count). The fraction of sp³-hybridized carbons (Fsp3) is 0.326. The molecule has 2 aliphatic heterocycles. The van der Waals surface area contributed by atoms with Gasteiger partial charge in [-0.1, -0.05) is 41.2 Å². The molecular formula is C46H48F2N5O6+. The first-order chi connectivity index (χ1) is 28.5. The van der Waals surface area contributed by atoms with E-state index in [-0.39, 0.29) is 47.0 Å². The third-order valence-corrected chi connectivity index (χ3v) is 11.4. The van der Waals surface area contributed by atoms with Gasteiger partial charge in [-0.3, -0.25) is 14.5 Å². The van der Waals surface area contributed by atoms with Gasteiger partial charge in [0.1, 0.15) is 22.8 Å². The number of aromatic nitrogens is 1. The van der Waals surface area contributed by atoms with Crippen molar-refractivity contribution in [1.82, 2.24) is 14.4 Å². The highest BCUT2D eigenvalue weighted by Gasteiger charge is 2.35. The number of methoxy groups -OCH3 is 1. The van der Waals surface area contributed by atoms with Gasteiger partial charge in [0.2, 0.25) is 0 Å². The Balaban J connectivity index is 1.35. The van der Waals surface area contributed by atoms with Gasteiger partial charge >= 0.3 is 12.7 Å². The number of aromatic hydroxyl groups is 1. The number of halogens is 2. The van der Waals surface area contributed by atoms with E-state index in [1.807, 2.05) is 48.2 Å². The van der Waals surface area contributed by atoms with Gasteiger partial charge in [-0.2, -0.15) is 8.78 Å². The summed E-state index contributed by atoms with van der Waals surface area (Å²) in [5.74, 6) is -0.140. The summed E-state index contributed by atoms with van der Waals surface area (Å²) >= 11 is 0. The molecule has 0 saturated carbocycles. The zero-order valence-electron chi connectivity index (χ0n) is 33.9. The lowest BCUT2D eigenvalue weighted by Crippen LogP contribution is -2.52. The van der Waals surface area contributed by atoms with Gasteiger partial charge in [-0.05, 0) is 91.1 Å². The highest BCUT2D eigenvalue weighted by Crippen LogP contribution is 2.38. The van der Waals surface area contributed by atoms with Crippen LogP contribution < -0.4 is 14.4 Å². The first kappa shape index (κ1) is 40.9. The predicted molar refractivity (Wildman–Crippen MR) is 222 cm³/mol. The topological polar surface area (TPSA) is 101 Å². The van der Waals surface area contributed by atoms with Crippen LogP contribution in [0.3, 0.4) is 0 Å². The van der Waals surface area contributed by atoms with E-state index in [0.717, 1.165) is 29.8 Å². The molecular weight excluding hydrogens is 757 g/mol. The number of benzene rings is 4. The maximum absolute atomic E-state index is 15.2. The Morgan fingerprint density at radius 3 is 2.39 bits per heavy atom. The molecule has 1 fully saturated rings. The largest absolute Gasteiger partial charge is 0.508 e. The first-order valence-electron chi connectivity index (χ1n) is 19.5. The molecule has 0 unspecified atom stereocenters. The molecule has 306 valence electrons. The van der Waals surface area contributed by atoms with Gasteiger partial charge in [0.15, 0.2) is 0 Å². The summed E-state index contributed by atoms with van der Waals surface area (Å²) < 4.78 is 45.9. The Kier molecular flexibility index (Phi) is 12.3. The van der Waals surface area contributed by atoms with Crippen LogP contribution in [-0.2, 0) is 31.3 Å². The summed E-state index contributed by atoms with van der Waals surface area (Å²) in [6.45, 7) is 4.42. The second kappa shape index (κ2) is 17.7. The van der Waals surface area contributed by atoms with E-state index in [1.54, 1.807) is 48.7 Å². The van der Waals surface area contributed by atoms with Crippen LogP contribution in [0.2, 0.25) is 0 Å². The number of phenolic OH excluding ortho intramolecular Hbond substituents is 1. The van der Waals surface area contributed by atoms with Crippen molar-refractivity contribution >= 4 is 17.5 Å². The van der Waals surface area contributed by atoms with Crippen LogP contribution in [0.25, 0.3) is 16.1 Å². The van der Waals surface area contributed by atoms with Crippen molar-refractivity contribution in [1.29, 1.82) is 0 Å². The zero-order valence-corrected chi connectivity index (χ0v) is 33.9. The summed E-state index contributed by atoms with van der Waals surface area (Å²) in [5.41, 5.74) is 6.44. The van der Waals surface area contributed by atoms with Crippen LogP contribution in [0, 0.1) is 19.9 Å². The molecule has 2 amide bonds. The lowest BCUT2D eigenvalue weighted by atomic mass is 9.91. The van der Waals surface area contributed by atoms with Gasteiger partial charge in [0.25, 0.3) is 18.9 Å². The Labute approximate surface area is 342 Å². The normalized spacial score (nSPS) is 15.3. The molecule has 4 aromatic carbocycles. The molecule has 0 aliphatic carbocycles. The zero-order chi connectivity index (χ0) is 41.8. The van der Waals surface area contributed by atoms with Crippen LogP contribution in [0.1, 0.15) is 54.2 Å². The molecule has 11 nitrogen and oxygen atoms in total. The van der Waals surface area contributed by atoms with Crippen LogP contribution >= 0.6 is 0 Å². The standard InChI is InChI=1S/C46H47F2N5O6/c1-29-32(11-8-12-42(29)57-5)26-52(35-13-15-37(54)16-14-35)44(55)38-23-41(50(4)30(38)2)39-24-43(59-46(47)48)34(25-49-3)22-40(39)45(56)53-27-33-10-7-6-9-31(33)21-36(53)28-51-17-19-58-20-18-51/h6-16,22-24,36,46H,17-21,26-28H2,1-5H3/p+1/t36-/m0/s1. The molecule has 1 atom stereocenters. The number of rotatable bonds is 11. The fourth-order valence-corrected chi connectivity index (χ4v) is 8.05. The van der Waals surface area contributed by atoms with Crippen LogP contribution in [-0.4, -0.2) is 90.9 Å². The quantitative estimate of drug-likeness (QED) is 0.146. The summed E-state index contributed by atoms with van der Waals surface area (Å²) in [5, 5.41) is 10.1. The maximum atomic E-state index is 15.2. The van der Waals surface area contributed by atoms with Gasteiger partial charge in [-0.15, -0.1) is 0 Å². The van der Waals surface area contributed by atoms with Crippen molar-refractivity contribution in [2.24, 2.45) is 7.05 Å². The molecule has 0 bridgehead atoms. The van der Waals surface area contributed by atoms with Crippen molar-refractivity contribution in [2.45, 2.75) is 46.0 Å². The molecule has 0 spiro atoms. The maximum Gasteiger partial charge on any atom is 0.387 e. The highest BCUT2D eigenvalue weighted by molar-refractivity contribution is 6.08. The molecule has 1 saturated heterocycles. The van der Waals surface area contributed by atoms with Crippen molar-refractivity contribution < 1.29 is 37.7 Å². The number of anilines is 1. The number of fused-ring (bicyclic) bond motifs is 1. The lowest BCUT2D eigenvalue weighted by Gasteiger charge is -2.40. The van der Waals surface area contributed by atoms with Crippen LogP contribution in [0.5, 0.6) is 17.2 Å². The molecule has 5 aromatic rings. The molecule has 59 heavy (non-hydrogen) atoms. The predicted octanol–water partition coefficient (Wildman–Crippen LogP) is 7.68. The minimum Gasteiger partial charge on any atom is -0.508 e. The molecule has 2 aliphatic rings. The summed E-state index contributed by atoms with van der Waals surface area (Å²) in [6, 6.07) is 27.3. The minimum absolute atomic E-state index is 0.0501. The second-order valence-electron chi connectivity index (χ2n) is 14.8. The summed E-state index contributed by atoms with van der Waals surface area (Å²) in [6.07, 6.45) is 0.637. The Morgan fingerprint density at radius 1 is 0.966 bits per heavy atom. The Bertz CT molecular complexity index is 2420. The minimum atomic E-state index is -3.16. The number of morpholine rings is 1. The summed E-state index contributed by atoms with van der Waals surface area (Å²) in [4.78, 5) is 39.8. The third-order valence-electron chi connectivity index (χ3n) is 11.4. The number of carbonyl (C=O) groups excluding carboxylic acids is 2. The monoisotopic (exact) mass is 804 g/mol. The van der Waals surface area contributed by atoms with Crippen molar-refractivity contribution in [2.75, 3.05) is 51.9 Å². The molecule has 0 radical (unpaired) electrons. The van der Waals surface area contributed by atoms with Gasteiger partial charge in [0.05, 0.1) is 38.0 Å². The van der Waals surface area contributed by atoms with E-state index in [0.29, 0.717) is 66.7 Å². The van der Waals surface area contributed by atoms with Crippen LogP contribution in [0.15, 0.2) is 84.9 Å². The van der Waals surface area contributed by atoms with Crippen molar-refractivity contribution in [3.05, 3.63) is 134 Å². The van der Waals surface area contributed by atoms with E-state index >= 15 is 4.79 Å². The van der Waals surface area contributed by atoms with Gasteiger partial charge in [0, 0.05) is 61.9 Å². The number of phenols is 1. The smallest absolute Gasteiger partial charge is 0.387 e. The van der Waals surface area contributed by atoms with E-state index in [2.05, 4.69) is 21.9 Å². The average molecular weight is 805 g/mol. The number of hydrogen-bond donors (Lipinski definition) is 1. The third kappa shape index (κ3) is 8.65. The second-order valence-corrected chi connectivity index (χ2v) is 14.8. The Hall–Kier alpha value is -6.23. The summed E-state index contributed by atoms with van der Waals surface area (Å²) in [7, 11) is 4.83. The van der Waals surface area contributed by atoms with E-state index < -0.39 is 6.61 Å². The SMILES string of the molecule is C[N+]#Cc1cc(C(=O)N2Cc3ccccc3C[C@H]2CN2CCOCC2)c(-c2cc(C(=O)N(Cc3cccc(OC)c3C)c3ccc(O)cc3)c(C)n2C)cc1OC(F)F.